The van der Waals surface area contributed by atoms with Gasteiger partial charge in [-0.25, -0.2) is 0 Å². The number of phenolic OH excluding ortho intramolecular Hbond substituents is 2. The van der Waals surface area contributed by atoms with Crippen LogP contribution in [0.4, 0.5) is 0 Å². The summed E-state index contributed by atoms with van der Waals surface area (Å²) < 4.78 is 5.88. The maximum atomic E-state index is 12.8. The van der Waals surface area contributed by atoms with Crippen molar-refractivity contribution in [2.24, 2.45) is 0 Å². The van der Waals surface area contributed by atoms with Crippen molar-refractivity contribution in [2.45, 2.75) is 19.8 Å². The Morgan fingerprint density at radius 3 is 2.23 bits per heavy atom. The van der Waals surface area contributed by atoms with Gasteiger partial charge in [-0.3, -0.25) is 4.79 Å². The molecule has 0 saturated heterocycles. The van der Waals surface area contributed by atoms with Crippen LogP contribution in [0.3, 0.4) is 0 Å². The number of hydrogen-bond donors (Lipinski definition) is 2. The molecular formula is C18H16O4. The molecular weight excluding hydrogens is 280 g/mol. The lowest BCUT2D eigenvalue weighted by Gasteiger charge is -2.13. The van der Waals surface area contributed by atoms with E-state index in [0.29, 0.717) is 27.9 Å². The van der Waals surface area contributed by atoms with E-state index in [1.807, 2.05) is 13.8 Å². The van der Waals surface area contributed by atoms with Crippen molar-refractivity contribution < 1.29 is 14.6 Å². The van der Waals surface area contributed by atoms with E-state index < -0.39 is 0 Å². The maximum Gasteiger partial charge on any atom is 0.200 e. The predicted molar refractivity (Wildman–Crippen MR) is 85.3 cm³/mol. The van der Waals surface area contributed by atoms with E-state index in [1.165, 1.54) is 12.1 Å². The van der Waals surface area contributed by atoms with Gasteiger partial charge in [0.25, 0.3) is 0 Å². The molecule has 4 heteroatoms. The SMILES string of the molecule is CC(C)c1oc2cc(O)ccc2c(=O)c1-c1ccc(O)cc1. The molecule has 3 aromatic rings. The average molecular weight is 296 g/mol. The smallest absolute Gasteiger partial charge is 0.200 e. The van der Waals surface area contributed by atoms with Gasteiger partial charge in [0.15, 0.2) is 0 Å². The summed E-state index contributed by atoms with van der Waals surface area (Å²) in [5.74, 6) is 0.768. The van der Waals surface area contributed by atoms with Crippen molar-refractivity contribution >= 4 is 11.0 Å². The molecule has 0 atom stereocenters. The summed E-state index contributed by atoms with van der Waals surface area (Å²) in [6.45, 7) is 3.88. The van der Waals surface area contributed by atoms with Crippen LogP contribution in [0.5, 0.6) is 11.5 Å². The summed E-state index contributed by atoms with van der Waals surface area (Å²) in [4.78, 5) is 12.8. The van der Waals surface area contributed by atoms with Crippen LogP contribution >= 0.6 is 0 Å². The molecule has 1 heterocycles. The Morgan fingerprint density at radius 2 is 1.59 bits per heavy atom. The van der Waals surface area contributed by atoms with Gasteiger partial charge in [0, 0.05) is 12.0 Å². The van der Waals surface area contributed by atoms with Gasteiger partial charge in [0.1, 0.15) is 22.8 Å². The zero-order valence-corrected chi connectivity index (χ0v) is 12.3. The van der Waals surface area contributed by atoms with Gasteiger partial charge in [-0.15, -0.1) is 0 Å². The average Bonchev–Trinajstić information content (AvgIpc) is 2.48. The molecule has 112 valence electrons. The molecule has 0 radical (unpaired) electrons. The Bertz CT molecular complexity index is 889. The highest BCUT2D eigenvalue weighted by Crippen LogP contribution is 2.31. The molecule has 0 saturated carbocycles. The summed E-state index contributed by atoms with van der Waals surface area (Å²) in [6.07, 6.45) is 0. The first kappa shape index (κ1) is 14.2. The van der Waals surface area contributed by atoms with Crippen LogP contribution in [0.15, 0.2) is 51.7 Å². The second-order valence-electron chi connectivity index (χ2n) is 5.55. The molecule has 3 rings (SSSR count). The van der Waals surface area contributed by atoms with Gasteiger partial charge >= 0.3 is 0 Å². The molecule has 0 bridgehead atoms. The van der Waals surface area contributed by atoms with Crippen molar-refractivity contribution in [3.05, 3.63) is 58.4 Å². The molecule has 0 aliphatic rings. The minimum absolute atomic E-state index is 0.00301. The second-order valence-corrected chi connectivity index (χ2v) is 5.55. The summed E-state index contributed by atoms with van der Waals surface area (Å²) >= 11 is 0. The molecule has 2 N–H and O–H groups in total. The van der Waals surface area contributed by atoms with Gasteiger partial charge in [0.05, 0.1) is 10.9 Å². The lowest BCUT2D eigenvalue weighted by atomic mass is 9.97. The van der Waals surface area contributed by atoms with Crippen LogP contribution in [0.1, 0.15) is 25.5 Å². The summed E-state index contributed by atoms with van der Waals surface area (Å²) in [6, 6.07) is 10.9. The van der Waals surface area contributed by atoms with E-state index in [2.05, 4.69) is 0 Å². The normalized spacial score (nSPS) is 11.2. The van der Waals surface area contributed by atoms with Gasteiger partial charge in [-0.1, -0.05) is 26.0 Å². The highest BCUT2D eigenvalue weighted by atomic mass is 16.3. The molecule has 0 aliphatic heterocycles. The summed E-state index contributed by atoms with van der Waals surface area (Å²) in [7, 11) is 0. The third-order valence-electron chi connectivity index (χ3n) is 3.58. The zero-order valence-electron chi connectivity index (χ0n) is 12.3. The Balaban J connectivity index is 2.39. The lowest BCUT2D eigenvalue weighted by molar-refractivity contribution is 0.470. The van der Waals surface area contributed by atoms with Crippen LogP contribution in [-0.2, 0) is 0 Å². The number of benzene rings is 2. The van der Waals surface area contributed by atoms with E-state index in [9.17, 15) is 15.0 Å². The number of phenols is 2. The van der Waals surface area contributed by atoms with E-state index in [1.54, 1.807) is 30.3 Å². The highest BCUT2D eigenvalue weighted by molar-refractivity contribution is 5.84. The van der Waals surface area contributed by atoms with Crippen LogP contribution in [0.2, 0.25) is 0 Å². The van der Waals surface area contributed by atoms with Crippen molar-refractivity contribution in [3.8, 4) is 22.6 Å². The minimum Gasteiger partial charge on any atom is -0.508 e. The van der Waals surface area contributed by atoms with E-state index in [0.717, 1.165) is 0 Å². The number of aromatic hydroxyl groups is 2. The molecule has 22 heavy (non-hydrogen) atoms. The quantitative estimate of drug-likeness (QED) is 0.750. The third kappa shape index (κ3) is 2.33. The lowest BCUT2D eigenvalue weighted by Crippen LogP contribution is -2.10. The number of rotatable bonds is 2. The fourth-order valence-corrected chi connectivity index (χ4v) is 2.51. The van der Waals surface area contributed by atoms with Gasteiger partial charge in [0.2, 0.25) is 5.43 Å². The standard InChI is InChI=1S/C18H16O4/c1-10(2)18-16(11-3-5-12(19)6-4-11)17(21)14-8-7-13(20)9-15(14)22-18/h3-10,19-20H,1-2H3. The zero-order chi connectivity index (χ0) is 15.9. The van der Waals surface area contributed by atoms with Crippen molar-refractivity contribution in [1.82, 2.24) is 0 Å². The van der Waals surface area contributed by atoms with E-state index in [4.69, 9.17) is 4.42 Å². The van der Waals surface area contributed by atoms with Gasteiger partial charge in [-0.05, 0) is 29.8 Å². The number of hydrogen-bond acceptors (Lipinski definition) is 4. The van der Waals surface area contributed by atoms with Crippen LogP contribution in [0, 0.1) is 0 Å². The monoisotopic (exact) mass is 296 g/mol. The molecule has 0 fully saturated rings. The second kappa shape index (κ2) is 5.22. The van der Waals surface area contributed by atoms with Crippen LogP contribution < -0.4 is 5.43 Å². The Labute approximate surface area is 127 Å². The molecule has 4 nitrogen and oxygen atoms in total. The predicted octanol–water partition coefficient (Wildman–Crippen LogP) is 3.99. The van der Waals surface area contributed by atoms with Crippen molar-refractivity contribution in [3.63, 3.8) is 0 Å². The largest absolute Gasteiger partial charge is 0.508 e. The third-order valence-corrected chi connectivity index (χ3v) is 3.58. The van der Waals surface area contributed by atoms with Crippen LogP contribution in [-0.4, -0.2) is 10.2 Å². The van der Waals surface area contributed by atoms with Gasteiger partial charge < -0.3 is 14.6 Å². The van der Waals surface area contributed by atoms with Gasteiger partial charge in [-0.2, -0.15) is 0 Å². The van der Waals surface area contributed by atoms with E-state index >= 15 is 0 Å². The van der Waals surface area contributed by atoms with Crippen LogP contribution in [0.25, 0.3) is 22.1 Å². The first-order valence-corrected chi connectivity index (χ1v) is 7.06. The fourth-order valence-electron chi connectivity index (χ4n) is 2.51. The van der Waals surface area contributed by atoms with Crippen molar-refractivity contribution in [2.75, 3.05) is 0 Å². The first-order valence-electron chi connectivity index (χ1n) is 7.06. The molecule has 2 aromatic carbocycles. The first-order chi connectivity index (χ1) is 10.5. The summed E-state index contributed by atoms with van der Waals surface area (Å²) in [5, 5.41) is 19.4. The molecule has 1 aromatic heterocycles. The molecule has 0 spiro atoms. The fraction of sp³-hybridized carbons (Fsp3) is 0.167. The Morgan fingerprint density at radius 1 is 0.955 bits per heavy atom. The number of fused-ring (bicyclic) bond motifs is 1. The highest BCUT2D eigenvalue weighted by Gasteiger charge is 2.18. The van der Waals surface area contributed by atoms with Crippen molar-refractivity contribution in [1.29, 1.82) is 0 Å². The maximum absolute atomic E-state index is 12.8. The molecule has 0 unspecified atom stereocenters. The molecule has 0 amide bonds. The Kier molecular flexibility index (Phi) is 3.37. The van der Waals surface area contributed by atoms with E-state index in [-0.39, 0.29) is 22.8 Å². The Hall–Kier alpha value is -2.75. The molecule has 0 aliphatic carbocycles. The topological polar surface area (TPSA) is 70.7 Å². The summed E-state index contributed by atoms with van der Waals surface area (Å²) in [5.41, 5.74) is 1.42. The minimum atomic E-state index is -0.143.